The molecule has 2 aliphatic rings. The maximum absolute atomic E-state index is 14.7. The fraction of sp³-hybridized carbons (Fsp3) is 0.415. The number of nitrogens with one attached hydrogen (secondary N) is 11. The minimum absolute atomic E-state index is 0.0662. The molecule has 5 heterocycles. The molecule has 2 aliphatic heterocycles. The predicted octanol–water partition coefficient (Wildman–Crippen LogP) is -1.23. The Morgan fingerprint density at radius 3 is 2.11 bits per heavy atom. The standard InChI is InChI=1S/C53H67N15O10S3/c1-56-45(71)38(23-69)64-47(73)36(19-29-20-41(80-25-29)53-66-40(26-81-53)50(76)61-33(44(55)70)14-7-8-16-54)63-52(78)43(37-22-57-27-60-37)68-49(75)39(24-79)65-51(77)42(31-21-59-32-13-6-5-12-30(31)32)67-48(74)35(18-28-10-3-2-4-11-28)62-46(72)34-15-9-17-58-34/h2-6,10-13,20-22,25,27,33-36,38-40,42-43,58-59,69,79H,7-9,14-19,23-24,26,54H2,1H3,(H2,55,70)(H,56,71)(H,57,60)(H,61,76)(H,62,72)(H,63,78)(H,64,73)(H,65,77)(H,67,74)(H,68,75)/t33-,34?,35-,36-,38-,39-,40-,42-,43-/m0/s1. The van der Waals surface area contributed by atoms with E-state index in [1.165, 1.54) is 42.7 Å². The Morgan fingerprint density at radius 2 is 1.42 bits per heavy atom. The molecular weight excluding hydrogens is 1100 g/mol. The summed E-state index contributed by atoms with van der Waals surface area (Å²) < 4.78 is 0. The molecule has 0 saturated carbocycles. The number of hydrogen-bond donors (Lipinski definition) is 15. The Morgan fingerprint density at radius 1 is 0.753 bits per heavy atom. The highest BCUT2D eigenvalue weighted by molar-refractivity contribution is 8.15. The number of aliphatic imine (C=N–C) groups is 1. The number of thioether (sulfide) groups is 1. The number of primary amides is 1. The number of likely N-dealkylation sites (N-methyl/N-ethyl adjacent to an activating group) is 1. The lowest BCUT2D eigenvalue weighted by Crippen LogP contribution is -2.58. The third-order valence-electron chi connectivity index (χ3n) is 13.5. The number of imidazole rings is 1. The molecule has 1 unspecified atom stereocenters. The van der Waals surface area contributed by atoms with Gasteiger partial charge in [0.05, 0.1) is 35.7 Å². The zero-order valence-electron chi connectivity index (χ0n) is 44.2. The highest BCUT2D eigenvalue weighted by atomic mass is 32.2. The van der Waals surface area contributed by atoms with E-state index in [9.17, 15) is 48.3 Å². The van der Waals surface area contributed by atoms with Crippen LogP contribution in [0, 0.1) is 0 Å². The summed E-state index contributed by atoms with van der Waals surface area (Å²) in [6.07, 6.45) is 6.95. The fourth-order valence-electron chi connectivity index (χ4n) is 9.13. The van der Waals surface area contributed by atoms with Gasteiger partial charge in [0.15, 0.2) is 0 Å². The molecule has 0 aliphatic carbocycles. The number of carbonyl (C=O) groups excluding carboxylic acids is 9. The summed E-state index contributed by atoms with van der Waals surface area (Å²) in [5.74, 6) is -6.48. The number of thiol groups is 1. The molecular formula is C53H67N15O10S3. The van der Waals surface area contributed by atoms with Gasteiger partial charge in [-0.05, 0) is 73.8 Å². The van der Waals surface area contributed by atoms with Crippen molar-refractivity contribution in [1.82, 2.24) is 62.8 Å². The number of thiophene rings is 1. The fourth-order valence-corrected chi connectivity index (χ4v) is 11.5. The third-order valence-corrected chi connectivity index (χ3v) is 16.1. The van der Waals surface area contributed by atoms with Crippen LogP contribution in [0.5, 0.6) is 0 Å². The summed E-state index contributed by atoms with van der Waals surface area (Å²) >= 11 is 6.97. The second-order valence-electron chi connectivity index (χ2n) is 19.3. The number of benzene rings is 2. The summed E-state index contributed by atoms with van der Waals surface area (Å²) in [6.45, 7) is 0.289. The van der Waals surface area contributed by atoms with Crippen molar-refractivity contribution in [1.29, 1.82) is 0 Å². The number of nitrogens with zero attached hydrogens (tertiary/aromatic N) is 2. The molecule has 16 N–H and O–H groups in total. The number of hydrogen-bond acceptors (Lipinski definition) is 17. The van der Waals surface area contributed by atoms with Gasteiger partial charge in [-0.2, -0.15) is 12.6 Å². The maximum atomic E-state index is 14.7. The summed E-state index contributed by atoms with van der Waals surface area (Å²) in [5.41, 5.74) is 13.5. The number of para-hydroxylation sites is 1. The number of nitrogens with two attached hydrogens (primary N) is 2. The van der Waals surface area contributed by atoms with Crippen LogP contribution in [-0.2, 0) is 56.0 Å². The summed E-state index contributed by atoms with van der Waals surface area (Å²) in [6, 6.07) is 7.19. The first-order valence-electron chi connectivity index (χ1n) is 26.3. The Labute approximate surface area is 479 Å². The minimum Gasteiger partial charge on any atom is -0.394 e. The normalized spacial score (nSPS) is 17.5. The van der Waals surface area contributed by atoms with Crippen molar-refractivity contribution in [3.8, 4) is 0 Å². The number of fused-ring (bicyclic) bond motifs is 1. The van der Waals surface area contributed by atoms with E-state index >= 15 is 0 Å². The first-order valence-corrected chi connectivity index (χ1v) is 28.8. The first kappa shape index (κ1) is 61.0. The molecule has 7 rings (SSSR count). The van der Waals surface area contributed by atoms with Crippen LogP contribution in [0.4, 0.5) is 0 Å². The van der Waals surface area contributed by atoms with Crippen LogP contribution < -0.4 is 59.3 Å². The van der Waals surface area contributed by atoms with Crippen LogP contribution in [-0.4, -0.2) is 159 Å². The van der Waals surface area contributed by atoms with Gasteiger partial charge in [0, 0.05) is 54.1 Å². The number of amides is 9. The molecule has 1 fully saturated rings. The number of aromatic nitrogens is 3. The van der Waals surface area contributed by atoms with Crippen molar-refractivity contribution >= 4 is 105 Å². The van der Waals surface area contributed by atoms with Crippen molar-refractivity contribution in [2.45, 2.75) is 99.3 Å². The van der Waals surface area contributed by atoms with Crippen LogP contribution in [0.25, 0.3) is 10.9 Å². The van der Waals surface area contributed by atoms with E-state index in [1.54, 1.807) is 54.0 Å². The van der Waals surface area contributed by atoms with E-state index in [1.807, 2.05) is 18.2 Å². The smallest absolute Gasteiger partial charge is 0.249 e. The van der Waals surface area contributed by atoms with Gasteiger partial charge in [0.2, 0.25) is 53.2 Å². The van der Waals surface area contributed by atoms with Crippen molar-refractivity contribution in [2.24, 2.45) is 16.5 Å². The number of unbranched alkanes of at least 4 members (excludes halogenated alkanes) is 1. The van der Waals surface area contributed by atoms with E-state index in [0.29, 0.717) is 70.7 Å². The molecule has 2 aromatic carbocycles. The summed E-state index contributed by atoms with van der Waals surface area (Å²) in [7, 11) is 1.32. The Bertz CT molecular complexity index is 3040. The van der Waals surface area contributed by atoms with Gasteiger partial charge in [-0.1, -0.05) is 48.5 Å². The van der Waals surface area contributed by atoms with Gasteiger partial charge >= 0.3 is 0 Å². The minimum atomic E-state index is -1.59. The Kier molecular flexibility index (Phi) is 22.4. The van der Waals surface area contributed by atoms with Crippen LogP contribution >= 0.6 is 35.7 Å². The third kappa shape index (κ3) is 16.5. The molecule has 81 heavy (non-hydrogen) atoms. The lowest BCUT2D eigenvalue weighted by atomic mass is 10.0. The van der Waals surface area contributed by atoms with E-state index in [2.05, 4.69) is 80.4 Å². The second kappa shape index (κ2) is 29.7. The quantitative estimate of drug-likeness (QED) is 0.0197. The van der Waals surface area contributed by atoms with Crippen LogP contribution in [0.2, 0.25) is 0 Å². The van der Waals surface area contributed by atoms with Crippen LogP contribution in [0.1, 0.15) is 71.4 Å². The second-order valence-corrected chi connectivity index (χ2v) is 21.6. The Balaban J connectivity index is 1.09. The summed E-state index contributed by atoms with van der Waals surface area (Å²) in [5, 5.41) is 37.3. The average Bonchev–Trinajstić information content (AvgIpc) is 4.37. The van der Waals surface area contributed by atoms with Gasteiger partial charge in [-0.15, -0.1) is 23.1 Å². The van der Waals surface area contributed by atoms with Crippen molar-refractivity contribution in [3.63, 3.8) is 0 Å². The molecule has 0 bridgehead atoms. The predicted molar refractivity (Wildman–Crippen MR) is 307 cm³/mol. The molecule has 28 heteroatoms. The number of H-pyrrole nitrogens is 2. The molecule has 9 amide bonds. The van der Waals surface area contributed by atoms with E-state index < -0.39 is 108 Å². The molecule has 432 valence electrons. The lowest BCUT2D eigenvalue weighted by Gasteiger charge is -2.27. The molecule has 9 atom stereocenters. The van der Waals surface area contributed by atoms with E-state index in [0.717, 1.165) is 12.0 Å². The lowest BCUT2D eigenvalue weighted by molar-refractivity contribution is -0.135. The number of rotatable bonds is 29. The van der Waals surface area contributed by atoms with Crippen LogP contribution in [0.15, 0.2) is 89.8 Å². The number of aromatic amines is 2. The molecule has 0 radical (unpaired) electrons. The highest BCUT2D eigenvalue weighted by Gasteiger charge is 2.37. The van der Waals surface area contributed by atoms with Gasteiger partial charge in [-0.3, -0.25) is 48.1 Å². The molecule has 5 aromatic rings. The number of aliphatic hydroxyl groups excluding tert-OH is 1. The average molecular weight is 1170 g/mol. The maximum Gasteiger partial charge on any atom is 0.249 e. The zero-order valence-corrected chi connectivity index (χ0v) is 46.7. The van der Waals surface area contributed by atoms with E-state index in [4.69, 9.17) is 11.5 Å². The molecule has 3 aromatic heterocycles. The van der Waals surface area contributed by atoms with Gasteiger partial charge in [-0.25, -0.2) is 4.98 Å². The van der Waals surface area contributed by atoms with E-state index in [-0.39, 0.29) is 35.9 Å². The van der Waals surface area contributed by atoms with Crippen molar-refractivity contribution < 1.29 is 48.3 Å². The zero-order chi connectivity index (χ0) is 58.0. The van der Waals surface area contributed by atoms with Crippen LogP contribution in [0.3, 0.4) is 0 Å². The topological polar surface area (TPSA) is 391 Å². The SMILES string of the molecule is CNC(=O)[C@H](CO)NC(=O)[C@H](Cc1csc(C2=N[C@H](C(=O)N[C@@H](CCCCN)C(N)=O)CS2)c1)NC(=O)[C@@H](NC(=O)[C@H](CS)NC(=O)[C@@H](NC(=O)[C@H](Cc1ccccc1)NC(=O)C1CCCN1)c1c[nH]c2ccccc12)c1cnc[nH]1. The first-order chi connectivity index (χ1) is 39.1. The largest absolute Gasteiger partial charge is 0.394 e. The monoisotopic (exact) mass is 1170 g/mol. The number of aliphatic hydroxyl groups is 1. The van der Waals surface area contributed by atoms with Gasteiger partial charge in [0.1, 0.15) is 53.4 Å². The molecule has 0 spiro atoms. The van der Waals surface area contributed by atoms with Crippen molar-refractivity contribution in [3.05, 3.63) is 112 Å². The summed E-state index contributed by atoms with van der Waals surface area (Å²) in [4.78, 5) is 139. The number of carbonyl (C=O) groups is 9. The van der Waals surface area contributed by atoms with Crippen molar-refractivity contribution in [2.75, 3.05) is 38.2 Å². The molecule has 25 nitrogen and oxygen atoms in total. The highest BCUT2D eigenvalue weighted by Crippen LogP contribution is 2.29. The Hall–Kier alpha value is -7.63. The van der Waals surface area contributed by atoms with Gasteiger partial charge in [0.25, 0.3) is 0 Å². The molecule has 1 saturated heterocycles. The van der Waals surface area contributed by atoms with Gasteiger partial charge < -0.3 is 74.4 Å².